The van der Waals surface area contributed by atoms with E-state index >= 15 is 0 Å². The lowest BCUT2D eigenvalue weighted by Crippen LogP contribution is -2.32. The molecule has 96 valence electrons. The molecule has 17 heavy (non-hydrogen) atoms. The highest BCUT2D eigenvalue weighted by atomic mass is 79.9. The van der Waals surface area contributed by atoms with E-state index < -0.39 is 9.84 Å². The lowest BCUT2D eigenvalue weighted by Gasteiger charge is -2.12. The molecule has 0 bridgehead atoms. The van der Waals surface area contributed by atoms with Gasteiger partial charge in [0.1, 0.15) is 15.7 Å². The maximum Gasteiger partial charge on any atom is 0.148 e. The van der Waals surface area contributed by atoms with E-state index in [1.165, 1.54) is 12.3 Å². The Morgan fingerprint density at radius 3 is 2.65 bits per heavy atom. The van der Waals surface area contributed by atoms with Crippen LogP contribution in [0.5, 0.6) is 0 Å². The van der Waals surface area contributed by atoms with Crippen molar-refractivity contribution in [2.24, 2.45) is 0 Å². The predicted molar refractivity (Wildman–Crippen MR) is 70.1 cm³/mol. The van der Waals surface area contributed by atoms with Crippen LogP contribution >= 0.6 is 15.9 Å². The third-order valence-electron chi connectivity index (χ3n) is 2.19. The minimum absolute atomic E-state index is 0.0926. The first-order valence-electron chi connectivity index (χ1n) is 5.13. The number of hydrogen-bond donors (Lipinski definition) is 1. The lowest BCUT2D eigenvalue weighted by atomic mass is 10.2. The summed E-state index contributed by atoms with van der Waals surface area (Å²) in [6.07, 6.45) is 1.21. The summed E-state index contributed by atoms with van der Waals surface area (Å²) >= 11 is 3.10. The zero-order valence-corrected chi connectivity index (χ0v) is 12.1. The molecule has 1 aromatic rings. The first kappa shape index (κ1) is 14.6. The highest BCUT2D eigenvalue weighted by Gasteiger charge is 2.10. The Kier molecular flexibility index (Phi) is 5.09. The summed E-state index contributed by atoms with van der Waals surface area (Å²) in [5.74, 6) is -0.215. The molecule has 0 aromatic heterocycles. The van der Waals surface area contributed by atoms with Crippen molar-refractivity contribution in [3.05, 3.63) is 34.1 Å². The summed E-state index contributed by atoms with van der Waals surface area (Å²) < 4.78 is 35.5. The quantitative estimate of drug-likeness (QED) is 0.902. The first-order valence-corrected chi connectivity index (χ1v) is 7.98. The Morgan fingerprint density at radius 2 is 2.12 bits per heavy atom. The molecule has 0 fully saturated rings. The van der Waals surface area contributed by atoms with Gasteiger partial charge in [-0.25, -0.2) is 12.8 Å². The SMILES string of the molecule is CC(CS(C)(=O)=O)NCc1ccc(F)c(Br)c1. The van der Waals surface area contributed by atoms with Crippen LogP contribution in [0.1, 0.15) is 12.5 Å². The lowest BCUT2D eigenvalue weighted by molar-refractivity contribution is 0.559. The van der Waals surface area contributed by atoms with E-state index in [0.29, 0.717) is 11.0 Å². The van der Waals surface area contributed by atoms with E-state index in [0.717, 1.165) is 5.56 Å². The van der Waals surface area contributed by atoms with Gasteiger partial charge >= 0.3 is 0 Å². The van der Waals surface area contributed by atoms with Crippen molar-refractivity contribution in [3.63, 3.8) is 0 Å². The average molecular weight is 324 g/mol. The third kappa shape index (κ3) is 5.61. The van der Waals surface area contributed by atoms with Crippen LogP contribution in [0.15, 0.2) is 22.7 Å². The number of sulfone groups is 1. The number of nitrogens with one attached hydrogen (secondary N) is 1. The summed E-state index contributed by atoms with van der Waals surface area (Å²) in [6.45, 7) is 2.31. The summed E-state index contributed by atoms with van der Waals surface area (Å²) in [5, 5.41) is 3.08. The van der Waals surface area contributed by atoms with Crippen LogP contribution < -0.4 is 5.32 Å². The summed E-state index contributed by atoms with van der Waals surface area (Å²) in [5.41, 5.74) is 0.902. The highest BCUT2D eigenvalue weighted by Crippen LogP contribution is 2.16. The fraction of sp³-hybridized carbons (Fsp3) is 0.455. The van der Waals surface area contributed by atoms with Crippen LogP contribution in [0.25, 0.3) is 0 Å². The number of halogens is 2. The van der Waals surface area contributed by atoms with Crippen molar-refractivity contribution in [3.8, 4) is 0 Å². The highest BCUT2D eigenvalue weighted by molar-refractivity contribution is 9.10. The fourth-order valence-corrected chi connectivity index (χ4v) is 2.91. The van der Waals surface area contributed by atoms with Crippen LogP contribution in [0.3, 0.4) is 0 Å². The molecule has 1 rings (SSSR count). The van der Waals surface area contributed by atoms with E-state index in [9.17, 15) is 12.8 Å². The Bertz CT molecular complexity index is 490. The van der Waals surface area contributed by atoms with Gasteiger partial charge in [0, 0.05) is 18.8 Å². The monoisotopic (exact) mass is 323 g/mol. The Labute approximate surface area is 109 Å². The smallest absolute Gasteiger partial charge is 0.148 e. The number of hydrogen-bond acceptors (Lipinski definition) is 3. The van der Waals surface area contributed by atoms with Crippen molar-refractivity contribution < 1.29 is 12.8 Å². The first-order chi connectivity index (χ1) is 7.78. The molecule has 0 saturated carbocycles. The van der Waals surface area contributed by atoms with Crippen molar-refractivity contribution >= 4 is 25.8 Å². The molecule has 0 aliphatic carbocycles. The van der Waals surface area contributed by atoms with Crippen LogP contribution in [-0.4, -0.2) is 26.5 Å². The molecule has 0 radical (unpaired) electrons. The molecule has 1 unspecified atom stereocenters. The normalized spacial score (nSPS) is 13.6. The van der Waals surface area contributed by atoms with Gasteiger partial charge in [-0.1, -0.05) is 6.07 Å². The molecular weight excluding hydrogens is 309 g/mol. The van der Waals surface area contributed by atoms with Gasteiger partial charge < -0.3 is 5.32 Å². The van der Waals surface area contributed by atoms with Gasteiger partial charge in [0.15, 0.2) is 0 Å². The Balaban J connectivity index is 2.53. The molecule has 0 amide bonds. The van der Waals surface area contributed by atoms with Gasteiger partial charge in [-0.05, 0) is 40.5 Å². The van der Waals surface area contributed by atoms with E-state index in [2.05, 4.69) is 21.2 Å². The van der Waals surface area contributed by atoms with Gasteiger partial charge in [0.25, 0.3) is 0 Å². The van der Waals surface area contributed by atoms with E-state index in [-0.39, 0.29) is 17.6 Å². The average Bonchev–Trinajstić information content (AvgIpc) is 2.17. The topological polar surface area (TPSA) is 46.2 Å². The fourth-order valence-electron chi connectivity index (χ4n) is 1.45. The van der Waals surface area contributed by atoms with Gasteiger partial charge in [-0.3, -0.25) is 0 Å². The summed E-state index contributed by atoms with van der Waals surface area (Å²) in [7, 11) is -2.97. The molecule has 3 nitrogen and oxygen atoms in total. The minimum atomic E-state index is -2.97. The largest absolute Gasteiger partial charge is 0.309 e. The predicted octanol–water partition coefficient (Wildman–Crippen LogP) is 2.11. The van der Waals surface area contributed by atoms with Gasteiger partial charge in [0.05, 0.1) is 10.2 Å². The second-order valence-corrected chi connectivity index (χ2v) is 7.16. The van der Waals surface area contributed by atoms with Crippen molar-refractivity contribution in [2.45, 2.75) is 19.5 Å². The molecule has 1 atom stereocenters. The van der Waals surface area contributed by atoms with E-state index in [4.69, 9.17) is 0 Å². The molecule has 0 heterocycles. The van der Waals surface area contributed by atoms with Crippen LogP contribution in [0.2, 0.25) is 0 Å². The summed E-state index contributed by atoms with van der Waals surface area (Å²) in [4.78, 5) is 0. The van der Waals surface area contributed by atoms with E-state index in [1.807, 2.05) is 0 Å². The van der Waals surface area contributed by atoms with Crippen molar-refractivity contribution in [2.75, 3.05) is 12.0 Å². The number of benzene rings is 1. The molecule has 0 saturated heterocycles. The van der Waals surface area contributed by atoms with Crippen LogP contribution in [-0.2, 0) is 16.4 Å². The zero-order valence-electron chi connectivity index (χ0n) is 9.70. The third-order valence-corrected chi connectivity index (χ3v) is 3.90. The summed E-state index contributed by atoms with van der Waals surface area (Å²) in [6, 6.07) is 4.59. The molecular formula is C11H15BrFNO2S. The second kappa shape index (κ2) is 5.93. The van der Waals surface area contributed by atoms with Crippen molar-refractivity contribution in [1.82, 2.24) is 5.32 Å². The molecule has 1 aromatic carbocycles. The zero-order chi connectivity index (χ0) is 13.1. The second-order valence-electron chi connectivity index (χ2n) is 4.12. The van der Waals surface area contributed by atoms with Crippen LogP contribution in [0.4, 0.5) is 4.39 Å². The Hall–Kier alpha value is -0.460. The van der Waals surface area contributed by atoms with Gasteiger partial charge in [0.2, 0.25) is 0 Å². The van der Waals surface area contributed by atoms with Gasteiger partial charge in [-0.2, -0.15) is 0 Å². The van der Waals surface area contributed by atoms with Crippen molar-refractivity contribution in [1.29, 1.82) is 0 Å². The molecule has 0 aliphatic heterocycles. The molecule has 0 spiro atoms. The maximum absolute atomic E-state index is 13.0. The van der Waals surface area contributed by atoms with Gasteiger partial charge in [-0.15, -0.1) is 0 Å². The molecule has 1 N–H and O–H groups in total. The molecule has 6 heteroatoms. The maximum atomic E-state index is 13.0. The van der Waals surface area contributed by atoms with Crippen LogP contribution in [0, 0.1) is 5.82 Å². The number of rotatable bonds is 5. The Morgan fingerprint density at radius 1 is 1.47 bits per heavy atom. The standard InChI is InChI=1S/C11H15BrFNO2S/c1-8(7-17(2,15)16)14-6-9-3-4-11(13)10(12)5-9/h3-5,8,14H,6-7H2,1-2H3. The molecule has 0 aliphatic rings. The van der Waals surface area contributed by atoms with E-state index in [1.54, 1.807) is 19.1 Å². The minimum Gasteiger partial charge on any atom is -0.309 e.